The average molecular weight is 1380 g/mol. The number of phosphoric ester groups is 1. The van der Waals surface area contributed by atoms with Gasteiger partial charge < -0.3 is 18.9 Å². The number of unbranched alkanes of at least 4 members (excludes halogenated alkanes) is 30. The van der Waals surface area contributed by atoms with Crippen LogP contribution in [0.5, 0.6) is 0 Å². The van der Waals surface area contributed by atoms with Crippen molar-refractivity contribution < 1.29 is 42.1 Å². The third-order valence-electron chi connectivity index (χ3n) is 16.7. The Morgan fingerprint density at radius 3 is 0.878 bits per heavy atom. The smallest absolute Gasteiger partial charge is 0.462 e. The molecular weight excluding hydrogens is 1230 g/mol. The number of rotatable bonds is 72. The fraction of sp³-hybridized carbons (Fsp3) is 0.659. The van der Waals surface area contributed by atoms with Crippen molar-refractivity contribution in [2.24, 2.45) is 0 Å². The molecule has 0 aliphatic rings. The van der Waals surface area contributed by atoms with Crippen LogP contribution in [0.15, 0.2) is 170 Å². The lowest BCUT2D eigenvalue weighted by Gasteiger charge is -2.24. The van der Waals surface area contributed by atoms with Gasteiger partial charge in [-0.15, -0.1) is 0 Å². The van der Waals surface area contributed by atoms with Crippen LogP contribution in [0.4, 0.5) is 0 Å². The van der Waals surface area contributed by atoms with Gasteiger partial charge in [0, 0.05) is 12.8 Å². The van der Waals surface area contributed by atoms with Crippen LogP contribution in [0.25, 0.3) is 0 Å². The van der Waals surface area contributed by atoms with Crippen LogP contribution in [-0.4, -0.2) is 74.9 Å². The van der Waals surface area contributed by atoms with E-state index in [4.69, 9.17) is 18.5 Å². The van der Waals surface area contributed by atoms with Crippen molar-refractivity contribution in [3.8, 4) is 0 Å². The Balaban J connectivity index is 4.08. The predicted octanol–water partition coefficient (Wildman–Crippen LogP) is 26.8. The second-order valence-corrected chi connectivity index (χ2v) is 28.8. The number of carbonyl (C=O) groups excluding carboxylic acids is 2. The minimum Gasteiger partial charge on any atom is -0.462 e. The minimum atomic E-state index is -4.42. The normalized spacial score (nSPS) is 14.0. The maximum atomic E-state index is 12.9. The van der Waals surface area contributed by atoms with Gasteiger partial charge in [-0.2, -0.15) is 0 Å². The summed E-state index contributed by atoms with van der Waals surface area (Å²) in [6, 6.07) is 0. The molecule has 0 saturated heterocycles. The molecule has 2 atom stereocenters. The highest BCUT2D eigenvalue weighted by molar-refractivity contribution is 7.47. The molecule has 558 valence electrons. The van der Waals surface area contributed by atoms with Gasteiger partial charge in [-0.3, -0.25) is 18.6 Å². The standard InChI is InChI=1S/C88H148NO8P/c1-6-8-10-12-14-16-18-20-22-24-26-28-30-32-34-36-38-40-42-44-46-48-50-52-54-56-58-60-62-64-66-68-70-72-74-76-78-80-87(90)94-84-86(85-96-98(92,93)95-83-82-89(3,4)5)97-88(91)81-79-77-75-73-71-69-67-65-63-61-59-57-55-53-51-49-47-45-43-41-39-37-35-33-31-29-27-25-23-21-19-17-15-13-11-9-7-2/h9,11,15,17-18,20-21,23-24,26-27,29-30,32-33,35,39,41,45,47,51,53,57,59,63,65,69,71,86H,6-8,10,12-14,16,19,22,25,28,31,34,36-38,40,42-44,46,48-50,52,54-56,58,60-62,64,66-68,70,72-85H2,1-5H3/p+1/b11-9-,17-15-,20-18-,23-21-,26-24-,29-27-,32-30-,35-33-,41-39-,47-45-,53-51-,59-57-,65-63-,71-69-. The van der Waals surface area contributed by atoms with Crippen molar-refractivity contribution in [2.75, 3.05) is 47.5 Å². The molecule has 0 aliphatic heterocycles. The third-order valence-corrected chi connectivity index (χ3v) is 17.7. The van der Waals surface area contributed by atoms with Crippen molar-refractivity contribution >= 4 is 19.8 Å². The summed E-state index contributed by atoms with van der Waals surface area (Å²) in [6.07, 6.45) is 116. The number of likely N-dealkylation sites (N-methyl/N-ethyl adjacent to an activating group) is 1. The molecule has 0 spiro atoms. The topological polar surface area (TPSA) is 108 Å². The highest BCUT2D eigenvalue weighted by atomic mass is 31.2. The van der Waals surface area contributed by atoms with Gasteiger partial charge in [-0.25, -0.2) is 4.57 Å². The van der Waals surface area contributed by atoms with Gasteiger partial charge in [0.05, 0.1) is 27.7 Å². The van der Waals surface area contributed by atoms with Gasteiger partial charge >= 0.3 is 19.8 Å². The maximum Gasteiger partial charge on any atom is 0.472 e. The molecule has 1 N–H and O–H groups in total. The number of nitrogens with zero attached hydrogens (tertiary/aromatic N) is 1. The van der Waals surface area contributed by atoms with E-state index in [2.05, 4.69) is 184 Å². The molecule has 0 radical (unpaired) electrons. The summed E-state index contributed by atoms with van der Waals surface area (Å²) in [5.74, 6) is -0.837. The molecule has 0 rings (SSSR count). The molecule has 0 saturated carbocycles. The molecule has 98 heavy (non-hydrogen) atoms. The monoisotopic (exact) mass is 1380 g/mol. The van der Waals surface area contributed by atoms with E-state index in [1.165, 1.54) is 167 Å². The van der Waals surface area contributed by atoms with Crippen molar-refractivity contribution in [2.45, 2.75) is 328 Å². The molecule has 0 amide bonds. The fourth-order valence-corrected chi connectivity index (χ4v) is 11.4. The number of hydrogen-bond donors (Lipinski definition) is 1. The Labute approximate surface area is 604 Å². The first kappa shape index (κ1) is 93.4. The molecule has 0 aromatic heterocycles. The van der Waals surface area contributed by atoms with Gasteiger partial charge in [0.2, 0.25) is 0 Å². The molecule has 2 unspecified atom stereocenters. The fourth-order valence-electron chi connectivity index (χ4n) is 10.7. The van der Waals surface area contributed by atoms with Crippen molar-refractivity contribution in [1.82, 2.24) is 0 Å². The highest BCUT2D eigenvalue weighted by Crippen LogP contribution is 2.43. The molecule has 0 aromatic carbocycles. The highest BCUT2D eigenvalue weighted by Gasteiger charge is 2.27. The summed E-state index contributed by atoms with van der Waals surface area (Å²) >= 11 is 0. The number of phosphoric acid groups is 1. The van der Waals surface area contributed by atoms with E-state index in [1.54, 1.807) is 0 Å². The van der Waals surface area contributed by atoms with Gasteiger partial charge in [0.1, 0.15) is 19.8 Å². The summed E-state index contributed by atoms with van der Waals surface area (Å²) in [5.41, 5.74) is 0. The van der Waals surface area contributed by atoms with Gasteiger partial charge in [0.25, 0.3) is 0 Å². The van der Waals surface area contributed by atoms with Crippen LogP contribution >= 0.6 is 7.82 Å². The summed E-state index contributed by atoms with van der Waals surface area (Å²) in [6.45, 7) is 4.28. The van der Waals surface area contributed by atoms with Crippen LogP contribution < -0.4 is 0 Å². The van der Waals surface area contributed by atoms with E-state index in [0.717, 1.165) is 122 Å². The largest absolute Gasteiger partial charge is 0.472 e. The summed E-state index contributed by atoms with van der Waals surface area (Å²) < 4.78 is 34.7. The number of hydrogen-bond acceptors (Lipinski definition) is 7. The van der Waals surface area contributed by atoms with Crippen LogP contribution in [0, 0.1) is 0 Å². The predicted molar refractivity (Wildman–Crippen MR) is 426 cm³/mol. The quantitative estimate of drug-likeness (QED) is 0.0211. The Hall–Kier alpha value is -4.63. The SMILES string of the molecule is CC/C=C\C/C=C\C/C=C\C/C=C\C/C=C\C/C=C\C/C=C\C/C=C\C/C=C\C/C=C\C/C=C\CCCCCC(=O)OC(COC(=O)CCCCCCCCCCCCCCCCCCCCCCCC/C=C\C/C=C\C/C=C\CCCCCCC)COP(=O)(O)OCC[N+](C)(C)C. The van der Waals surface area contributed by atoms with Gasteiger partial charge in [0.15, 0.2) is 6.10 Å². The van der Waals surface area contributed by atoms with E-state index >= 15 is 0 Å². The average Bonchev–Trinajstić information content (AvgIpc) is 1.08. The van der Waals surface area contributed by atoms with Crippen LogP contribution in [-0.2, 0) is 32.7 Å². The van der Waals surface area contributed by atoms with Crippen molar-refractivity contribution in [1.29, 1.82) is 0 Å². The second kappa shape index (κ2) is 76.5. The zero-order valence-electron chi connectivity index (χ0n) is 63.7. The molecule has 0 aromatic rings. The Bertz CT molecular complexity index is 2270. The summed E-state index contributed by atoms with van der Waals surface area (Å²) in [7, 11) is 1.44. The number of quaternary nitrogens is 1. The van der Waals surface area contributed by atoms with E-state index in [-0.39, 0.29) is 32.0 Å². The van der Waals surface area contributed by atoms with Crippen LogP contribution in [0.3, 0.4) is 0 Å². The summed E-state index contributed by atoms with van der Waals surface area (Å²) in [4.78, 5) is 36.0. The molecular formula is C88H149NO8P+. The summed E-state index contributed by atoms with van der Waals surface area (Å²) in [5, 5.41) is 0. The third kappa shape index (κ3) is 80.3. The lowest BCUT2D eigenvalue weighted by atomic mass is 10.0. The number of allylic oxidation sites excluding steroid dienone is 28. The number of ether oxygens (including phenoxy) is 2. The first-order valence-electron chi connectivity index (χ1n) is 39.9. The van der Waals surface area contributed by atoms with E-state index in [1.807, 2.05) is 21.1 Å². The maximum absolute atomic E-state index is 12.9. The van der Waals surface area contributed by atoms with Crippen LogP contribution in [0.2, 0.25) is 0 Å². The van der Waals surface area contributed by atoms with Crippen molar-refractivity contribution in [3.05, 3.63) is 170 Å². The Kier molecular flexibility index (Phi) is 72.9. The lowest BCUT2D eigenvalue weighted by Crippen LogP contribution is -2.37. The van der Waals surface area contributed by atoms with Gasteiger partial charge in [-0.05, 0) is 135 Å². The molecule has 0 bridgehead atoms. The Morgan fingerprint density at radius 1 is 0.327 bits per heavy atom. The minimum absolute atomic E-state index is 0.0175. The zero-order valence-corrected chi connectivity index (χ0v) is 64.6. The molecule has 0 fully saturated rings. The van der Waals surface area contributed by atoms with Crippen molar-refractivity contribution in [3.63, 3.8) is 0 Å². The van der Waals surface area contributed by atoms with E-state index < -0.39 is 26.5 Å². The van der Waals surface area contributed by atoms with E-state index in [0.29, 0.717) is 17.4 Å². The lowest BCUT2D eigenvalue weighted by molar-refractivity contribution is -0.870. The molecule has 0 aliphatic carbocycles. The molecule has 9 nitrogen and oxygen atoms in total. The van der Waals surface area contributed by atoms with E-state index in [9.17, 15) is 19.0 Å². The number of carbonyl (C=O) groups is 2. The van der Waals surface area contributed by atoms with Gasteiger partial charge in [-0.1, -0.05) is 344 Å². The molecule has 0 heterocycles. The van der Waals surface area contributed by atoms with Crippen LogP contribution in [0.1, 0.15) is 322 Å². The number of esters is 2. The Morgan fingerprint density at radius 2 is 0.582 bits per heavy atom. The first-order chi connectivity index (χ1) is 48.0. The molecule has 10 heteroatoms. The zero-order chi connectivity index (χ0) is 71.1. The first-order valence-corrected chi connectivity index (χ1v) is 41.4. The second-order valence-electron chi connectivity index (χ2n) is 27.4.